The topological polar surface area (TPSA) is 76.4 Å². The Balaban J connectivity index is 1.92. The molecule has 0 unspecified atom stereocenters. The van der Waals surface area contributed by atoms with Crippen molar-refractivity contribution in [3.05, 3.63) is 42.0 Å². The minimum atomic E-state index is -0.533. The van der Waals surface area contributed by atoms with Crippen molar-refractivity contribution in [3.63, 3.8) is 0 Å². The number of aliphatic hydroxyl groups is 1. The normalized spacial score (nSPS) is 11.4. The van der Waals surface area contributed by atoms with Crippen LogP contribution in [0.15, 0.2) is 30.6 Å². The first-order chi connectivity index (χ1) is 11.8. The van der Waals surface area contributed by atoms with Gasteiger partial charge in [0.2, 0.25) is 0 Å². The molecule has 25 heavy (non-hydrogen) atoms. The van der Waals surface area contributed by atoms with Crippen molar-refractivity contribution >= 4 is 6.09 Å². The van der Waals surface area contributed by atoms with Crippen LogP contribution in [-0.4, -0.2) is 39.7 Å². The largest absolute Gasteiger partial charge is 0.444 e. The number of hydrogen-bond donors (Lipinski definition) is 2. The molecule has 0 aliphatic heterocycles. The van der Waals surface area contributed by atoms with Crippen LogP contribution in [0.2, 0.25) is 0 Å². The highest BCUT2D eigenvalue weighted by atomic mass is 19.1. The van der Waals surface area contributed by atoms with Gasteiger partial charge in [-0.05, 0) is 44.4 Å². The maximum absolute atomic E-state index is 14.0. The van der Waals surface area contributed by atoms with E-state index in [2.05, 4.69) is 10.4 Å². The Hall–Kier alpha value is -2.41. The van der Waals surface area contributed by atoms with E-state index in [-0.39, 0.29) is 12.4 Å². The number of alkyl carbamates (subject to hydrolysis) is 1. The second-order valence-corrected chi connectivity index (χ2v) is 6.70. The summed E-state index contributed by atoms with van der Waals surface area (Å²) in [5.41, 5.74) is 1.45. The van der Waals surface area contributed by atoms with Gasteiger partial charge in [-0.25, -0.2) is 9.18 Å². The van der Waals surface area contributed by atoms with Crippen LogP contribution in [0.4, 0.5) is 9.18 Å². The van der Waals surface area contributed by atoms with E-state index in [9.17, 15) is 9.18 Å². The van der Waals surface area contributed by atoms with Gasteiger partial charge in [0.15, 0.2) is 0 Å². The van der Waals surface area contributed by atoms with E-state index in [4.69, 9.17) is 9.84 Å². The number of ether oxygens (including phenoxy) is 1. The molecular weight excluding hydrogens is 325 g/mol. The van der Waals surface area contributed by atoms with Gasteiger partial charge in [-0.2, -0.15) is 5.10 Å². The van der Waals surface area contributed by atoms with Crippen LogP contribution in [0.25, 0.3) is 11.1 Å². The third-order valence-electron chi connectivity index (χ3n) is 3.41. The Kier molecular flexibility index (Phi) is 6.14. The van der Waals surface area contributed by atoms with E-state index in [0.29, 0.717) is 30.6 Å². The standard InChI is InChI=1S/C18H24FN3O3/c1-18(2,3)25-17(24)20-7-8-22-12-15(11-21-22)14-5-4-13(6-9-23)16(19)10-14/h4-5,10-12,23H,6-9H2,1-3H3,(H,20,24). The Morgan fingerprint density at radius 2 is 2.12 bits per heavy atom. The molecular formula is C18H24FN3O3. The van der Waals surface area contributed by atoms with Crippen molar-refractivity contribution in [1.29, 1.82) is 0 Å². The van der Waals surface area contributed by atoms with Gasteiger partial charge in [-0.1, -0.05) is 12.1 Å². The van der Waals surface area contributed by atoms with E-state index < -0.39 is 11.7 Å². The highest BCUT2D eigenvalue weighted by Gasteiger charge is 2.15. The van der Waals surface area contributed by atoms with E-state index in [0.717, 1.165) is 5.56 Å². The summed E-state index contributed by atoms with van der Waals surface area (Å²) < 4.78 is 20.8. The monoisotopic (exact) mass is 349 g/mol. The van der Waals surface area contributed by atoms with Crippen molar-refractivity contribution < 1.29 is 19.0 Å². The molecule has 0 bridgehead atoms. The molecule has 2 rings (SSSR count). The van der Waals surface area contributed by atoms with E-state index in [1.807, 2.05) is 0 Å². The molecule has 1 heterocycles. The maximum atomic E-state index is 14.0. The SMILES string of the molecule is CC(C)(C)OC(=O)NCCn1cc(-c2ccc(CCO)c(F)c2)cn1. The summed E-state index contributed by atoms with van der Waals surface area (Å²) in [6.45, 7) is 6.18. The van der Waals surface area contributed by atoms with Crippen LogP contribution in [0.5, 0.6) is 0 Å². The number of aliphatic hydroxyl groups excluding tert-OH is 1. The molecule has 7 heteroatoms. The minimum Gasteiger partial charge on any atom is -0.444 e. The molecule has 2 aromatic rings. The number of carbonyl (C=O) groups is 1. The predicted octanol–water partition coefficient (Wildman–Crippen LogP) is 2.75. The van der Waals surface area contributed by atoms with Gasteiger partial charge in [0.1, 0.15) is 11.4 Å². The number of carbonyl (C=O) groups excluding carboxylic acids is 1. The summed E-state index contributed by atoms with van der Waals surface area (Å²) in [4.78, 5) is 11.6. The molecule has 0 saturated carbocycles. The zero-order chi connectivity index (χ0) is 18.4. The molecule has 1 aromatic carbocycles. The molecule has 1 aromatic heterocycles. The fourth-order valence-electron chi connectivity index (χ4n) is 2.27. The first-order valence-electron chi connectivity index (χ1n) is 8.17. The summed E-state index contributed by atoms with van der Waals surface area (Å²) in [5, 5.41) is 15.8. The third kappa shape index (κ3) is 5.86. The van der Waals surface area contributed by atoms with Gasteiger partial charge in [-0.3, -0.25) is 4.68 Å². The lowest BCUT2D eigenvalue weighted by Gasteiger charge is -2.19. The highest BCUT2D eigenvalue weighted by Crippen LogP contribution is 2.21. The lowest BCUT2D eigenvalue weighted by Crippen LogP contribution is -2.34. The van der Waals surface area contributed by atoms with Gasteiger partial charge in [0.05, 0.1) is 12.7 Å². The number of amides is 1. The Morgan fingerprint density at radius 3 is 2.76 bits per heavy atom. The average Bonchev–Trinajstić information content (AvgIpc) is 2.96. The lowest BCUT2D eigenvalue weighted by molar-refractivity contribution is 0.0525. The highest BCUT2D eigenvalue weighted by molar-refractivity contribution is 5.67. The molecule has 136 valence electrons. The predicted molar refractivity (Wildman–Crippen MR) is 92.6 cm³/mol. The molecule has 1 amide bonds. The molecule has 6 nitrogen and oxygen atoms in total. The van der Waals surface area contributed by atoms with Crippen molar-refractivity contribution in [2.45, 2.75) is 39.3 Å². The molecule has 2 N–H and O–H groups in total. The Morgan fingerprint density at radius 1 is 1.36 bits per heavy atom. The number of benzene rings is 1. The average molecular weight is 349 g/mol. The molecule has 0 aliphatic carbocycles. The minimum absolute atomic E-state index is 0.0845. The van der Waals surface area contributed by atoms with E-state index in [1.54, 1.807) is 50.0 Å². The quantitative estimate of drug-likeness (QED) is 0.841. The van der Waals surface area contributed by atoms with E-state index >= 15 is 0 Å². The number of nitrogens with one attached hydrogen (secondary N) is 1. The van der Waals surface area contributed by atoms with Gasteiger partial charge >= 0.3 is 6.09 Å². The molecule has 0 atom stereocenters. The summed E-state index contributed by atoms with van der Waals surface area (Å²) in [7, 11) is 0. The Bertz CT molecular complexity index is 723. The maximum Gasteiger partial charge on any atom is 0.407 e. The summed E-state index contributed by atoms with van der Waals surface area (Å²) in [5.74, 6) is -0.342. The van der Waals surface area contributed by atoms with Crippen molar-refractivity contribution in [1.82, 2.24) is 15.1 Å². The van der Waals surface area contributed by atoms with Crippen LogP contribution in [0, 0.1) is 5.82 Å². The van der Waals surface area contributed by atoms with Crippen LogP contribution < -0.4 is 5.32 Å². The van der Waals surface area contributed by atoms with Crippen LogP contribution in [-0.2, 0) is 17.7 Å². The van der Waals surface area contributed by atoms with Crippen molar-refractivity contribution in [2.75, 3.05) is 13.2 Å². The first kappa shape index (κ1) is 18.9. The van der Waals surface area contributed by atoms with Gasteiger partial charge < -0.3 is 15.2 Å². The zero-order valence-electron chi connectivity index (χ0n) is 14.8. The molecule has 0 aliphatic rings. The number of nitrogens with zero attached hydrogens (tertiary/aromatic N) is 2. The number of hydrogen-bond acceptors (Lipinski definition) is 4. The third-order valence-corrected chi connectivity index (χ3v) is 3.41. The van der Waals surface area contributed by atoms with Crippen LogP contribution in [0.1, 0.15) is 26.3 Å². The lowest BCUT2D eigenvalue weighted by atomic mass is 10.1. The summed E-state index contributed by atoms with van der Waals surface area (Å²) >= 11 is 0. The van der Waals surface area contributed by atoms with Gasteiger partial charge in [0.25, 0.3) is 0 Å². The van der Waals surface area contributed by atoms with Crippen molar-refractivity contribution in [2.24, 2.45) is 0 Å². The van der Waals surface area contributed by atoms with Gasteiger partial charge in [-0.15, -0.1) is 0 Å². The summed E-state index contributed by atoms with van der Waals surface area (Å²) in [6.07, 6.45) is 3.26. The first-order valence-corrected chi connectivity index (χ1v) is 8.17. The second kappa shape index (κ2) is 8.11. The van der Waals surface area contributed by atoms with E-state index in [1.165, 1.54) is 6.07 Å². The number of aromatic nitrogens is 2. The molecule has 0 fully saturated rings. The van der Waals surface area contributed by atoms with Crippen molar-refractivity contribution in [3.8, 4) is 11.1 Å². The smallest absolute Gasteiger partial charge is 0.407 e. The Labute approximate surface area is 146 Å². The second-order valence-electron chi connectivity index (χ2n) is 6.70. The zero-order valence-corrected chi connectivity index (χ0v) is 14.8. The van der Waals surface area contributed by atoms with Crippen LogP contribution in [0.3, 0.4) is 0 Å². The summed E-state index contributed by atoms with van der Waals surface area (Å²) in [6, 6.07) is 4.90. The fourth-order valence-corrected chi connectivity index (χ4v) is 2.27. The molecule has 0 radical (unpaired) electrons. The van der Waals surface area contributed by atoms with Gasteiger partial charge in [0, 0.05) is 24.9 Å². The van der Waals surface area contributed by atoms with Crippen LogP contribution >= 0.6 is 0 Å². The molecule has 0 saturated heterocycles. The fraction of sp³-hybridized carbons (Fsp3) is 0.444. The molecule has 0 spiro atoms. The number of rotatable bonds is 6. The number of halogens is 1.